The van der Waals surface area contributed by atoms with Crippen LogP contribution in [0.4, 0.5) is 0 Å². The fourth-order valence-electron chi connectivity index (χ4n) is 2.89. The minimum absolute atomic E-state index is 0.175. The van der Waals surface area contributed by atoms with Gasteiger partial charge in [-0.3, -0.25) is 0 Å². The molecule has 1 saturated heterocycles. The van der Waals surface area contributed by atoms with E-state index < -0.39 is 0 Å². The Bertz CT molecular complexity index is 411. The zero-order valence-corrected chi connectivity index (χ0v) is 14.3. The number of halogens is 1. The van der Waals surface area contributed by atoms with Crippen molar-refractivity contribution in [1.82, 2.24) is 10.6 Å². The molecule has 2 nitrogen and oxygen atoms in total. The minimum atomic E-state index is 0.175. The molecule has 0 spiro atoms. The molecular weight excluding hydrogens is 312 g/mol. The molecule has 112 valence electrons. The average molecular weight is 339 g/mol. The lowest BCUT2D eigenvalue weighted by Gasteiger charge is -2.27. The molecule has 0 aromatic heterocycles. The third-order valence-electron chi connectivity index (χ3n) is 4.30. The minimum Gasteiger partial charge on any atom is -0.316 e. The van der Waals surface area contributed by atoms with Gasteiger partial charge in [0.2, 0.25) is 0 Å². The van der Waals surface area contributed by atoms with Crippen LogP contribution < -0.4 is 10.6 Å². The fourth-order valence-corrected chi connectivity index (χ4v) is 3.29. The lowest BCUT2D eigenvalue weighted by Crippen LogP contribution is -2.36. The summed E-state index contributed by atoms with van der Waals surface area (Å²) in [6.07, 6.45) is 4.03. The maximum absolute atomic E-state index is 3.65. The maximum Gasteiger partial charge on any atom is 0.0178 e. The Hall–Kier alpha value is -0.380. The largest absolute Gasteiger partial charge is 0.316 e. The van der Waals surface area contributed by atoms with Crippen molar-refractivity contribution < 1.29 is 0 Å². The first-order valence-electron chi connectivity index (χ1n) is 7.75. The third kappa shape index (κ3) is 4.87. The van der Waals surface area contributed by atoms with Crippen molar-refractivity contribution in [2.75, 3.05) is 26.2 Å². The molecule has 2 rings (SSSR count). The molecule has 0 saturated carbocycles. The van der Waals surface area contributed by atoms with Gasteiger partial charge in [-0.15, -0.1) is 0 Å². The van der Waals surface area contributed by atoms with Crippen molar-refractivity contribution in [1.29, 1.82) is 0 Å². The van der Waals surface area contributed by atoms with Gasteiger partial charge < -0.3 is 10.6 Å². The van der Waals surface area contributed by atoms with E-state index in [-0.39, 0.29) is 5.41 Å². The van der Waals surface area contributed by atoms with Crippen molar-refractivity contribution in [3.8, 4) is 0 Å². The second kappa shape index (κ2) is 7.58. The molecule has 1 fully saturated rings. The summed E-state index contributed by atoms with van der Waals surface area (Å²) < 4.78 is 1.16. The first kappa shape index (κ1) is 16.0. The Morgan fingerprint density at radius 2 is 2.25 bits per heavy atom. The average Bonchev–Trinajstić information content (AvgIpc) is 2.45. The second-order valence-electron chi connectivity index (χ2n) is 6.57. The molecule has 20 heavy (non-hydrogen) atoms. The molecule has 1 heterocycles. The Labute approximate surface area is 131 Å². The number of nitrogens with one attached hydrogen (secondary N) is 2. The van der Waals surface area contributed by atoms with Gasteiger partial charge in [0.1, 0.15) is 0 Å². The number of rotatable bonds is 6. The predicted molar refractivity (Wildman–Crippen MR) is 90.2 cm³/mol. The zero-order valence-electron chi connectivity index (χ0n) is 12.7. The molecular formula is C17H27BrN2. The molecule has 1 aliphatic rings. The van der Waals surface area contributed by atoms with Gasteiger partial charge in [0.15, 0.2) is 0 Å². The Balaban J connectivity index is 1.74. The lowest BCUT2D eigenvalue weighted by molar-refractivity contribution is 0.345. The molecule has 0 radical (unpaired) electrons. The lowest BCUT2D eigenvalue weighted by atomic mass is 9.84. The predicted octanol–water partition coefficient (Wildman–Crippen LogP) is 3.71. The van der Waals surface area contributed by atoms with Gasteiger partial charge in [-0.1, -0.05) is 41.9 Å². The molecule has 1 aromatic carbocycles. The molecule has 0 amide bonds. The highest BCUT2D eigenvalue weighted by molar-refractivity contribution is 9.10. The highest BCUT2D eigenvalue weighted by Gasteiger charge is 2.20. The highest BCUT2D eigenvalue weighted by atomic mass is 79.9. The number of hydrogen-bond donors (Lipinski definition) is 2. The first-order valence-corrected chi connectivity index (χ1v) is 8.55. The van der Waals surface area contributed by atoms with E-state index in [4.69, 9.17) is 0 Å². The van der Waals surface area contributed by atoms with E-state index in [9.17, 15) is 0 Å². The van der Waals surface area contributed by atoms with Crippen molar-refractivity contribution in [2.24, 2.45) is 5.92 Å². The summed E-state index contributed by atoms with van der Waals surface area (Å²) in [5.74, 6) is 0.866. The summed E-state index contributed by atoms with van der Waals surface area (Å²) in [4.78, 5) is 0. The quantitative estimate of drug-likeness (QED) is 0.772. The summed E-state index contributed by atoms with van der Waals surface area (Å²) in [5, 5.41) is 7.14. The number of benzene rings is 1. The maximum atomic E-state index is 3.65. The zero-order chi connectivity index (χ0) is 14.4. The molecule has 0 bridgehead atoms. The van der Waals surface area contributed by atoms with Gasteiger partial charge >= 0.3 is 0 Å². The molecule has 1 aliphatic heterocycles. The monoisotopic (exact) mass is 338 g/mol. The SMILES string of the molecule is CC(C)(CNCCC1CCCNC1)c1cccc(Br)c1. The van der Waals surface area contributed by atoms with E-state index in [1.54, 1.807) is 0 Å². The fraction of sp³-hybridized carbons (Fsp3) is 0.647. The smallest absolute Gasteiger partial charge is 0.0178 e. The van der Waals surface area contributed by atoms with E-state index in [1.807, 2.05) is 0 Å². The second-order valence-corrected chi connectivity index (χ2v) is 7.49. The standard InChI is InChI=1S/C17H27BrN2/c1-17(2,15-6-3-7-16(18)11-15)13-20-10-8-14-5-4-9-19-12-14/h3,6-7,11,14,19-20H,4-5,8-10,12-13H2,1-2H3. The van der Waals surface area contributed by atoms with Crippen LogP contribution in [0.5, 0.6) is 0 Å². The Kier molecular flexibility index (Phi) is 6.06. The van der Waals surface area contributed by atoms with Crippen LogP contribution in [0.25, 0.3) is 0 Å². The van der Waals surface area contributed by atoms with Crippen LogP contribution >= 0.6 is 15.9 Å². The highest BCUT2D eigenvalue weighted by Crippen LogP contribution is 2.25. The van der Waals surface area contributed by atoms with Gasteiger partial charge in [0, 0.05) is 16.4 Å². The summed E-state index contributed by atoms with van der Waals surface area (Å²) in [5.41, 5.74) is 1.56. The molecule has 2 N–H and O–H groups in total. The molecule has 1 aromatic rings. The summed E-state index contributed by atoms with van der Waals surface area (Å²) in [6.45, 7) is 9.19. The van der Waals surface area contributed by atoms with Crippen LogP contribution in [0, 0.1) is 5.92 Å². The molecule has 1 atom stereocenters. The summed E-state index contributed by atoms with van der Waals surface area (Å²) >= 11 is 3.56. The third-order valence-corrected chi connectivity index (χ3v) is 4.79. The Morgan fingerprint density at radius 3 is 2.95 bits per heavy atom. The van der Waals surface area contributed by atoms with Crippen LogP contribution in [0.3, 0.4) is 0 Å². The molecule has 1 unspecified atom stereocenters. The Morgan fingerprint density at radius 1 is 1.40 bits per heavy atom. The molecule has 0 aliphatic carbocycles. The van der Waals surface area contributed by atoms with Gasteiger partial charge in [-0.2, -0.15) is 0 Å². The van der Waals surface area contributed by atoms with Gasteiger partial charge in [-0.25, -0.2) is 0 Å². The number of hydrogen-bond acceptors (Lipinski definition) is 2. The van der Waals surface area contributed by atoms with Crippen LogP contribution in [0.2, 0.25) is 0 Å². The van der Waals surface area contributed by atoms with E-state index in [0.29, 0.717) is 0 Å². The summed E-state index contributed by atoms with van der Waals surface area (Å²) in [6, 6.07) is 8.65. The van der Waals surface area contributed by atoms with Crippen LogP contribution in [-0.4, -0.2) is 26.2 Å². The first-order chi connectivity index (χ1) is 9.58. The van der Waals surface area contributed by atoms with Crippen molar-refractivity contribution in [3.05, 3.63) is 34.3 Å². The van der Waals surface area contributed by atoms with Gasteiger partial charge in [0.25, 0.3) is 0 Å². The van der Waals surface area contributed by atoms with E-state index >= 15 is 0 Å². The van der Waals surface area contributed by atoms with E-state index in [1.165, 1.54) is 37.9 Å². The summed E-state index contributed by atoms with van der Waals surface area (Å²) in [7, 11) is 0. The van der Waals surface area contributed by atoms with Crippen LogP contribution in [0.15, 0.2) is 28.7 Å². The van der Waals surface area contributed by atoms with E-state index in [2.05, 4.69) is 64.7 Å². The van der Waals surface area contributed by atoms with Gasteiger partial charge in [0.05, 0.1) is 0 Å². The van der Waals surface area contributed by atoms with Gasteiger partial charge in [-0.05, 0) is 62.5 Å². The van der Waals surface area contributed by atoms with Crippen LogP contribution in [0.1, 0.15) is 38.7 Å². The molecule has 3 heteroatoms. The van der Waals surface area contributed by atoms with Crippen molar-refractivity contribution in [2.45, 2.75) is 38.5 Å². The van der Waals surface area contributed by atoms with E-state index in [0.717, 1.165) is 23.5 Å². The van der Waals surface area contributed by atoms with Crippen LogP contribution in [-0.2, 0) is 5.41 Å². The number of piperidine rings is 1. The van der Waals surface area contributed by atoms with Crippen molar-refractivity contribution >= 4 is 15.9 Å². The normalized spacial score (nSPS) is 20.1. The van der Waals surface area contributed by atoms with Crippen molar-refractivity contribution in [3.63, 3.8) is 0 Å². The topological polar surface area (TPSA) is 24.1 Å².